The average Bonchev–Trinajstić information content (AvgIpc) is 2.71. The number of hydrogen-bond acceptors (Lipinski definition) is 1. The van der Waals surface area contributed by atoms with Gasteiger partial charge in [0.2, 0.25) is 0 Å². The van der Waals surface area contributed by atoms with E-state index < -0.39 is 5.83 Å². The molecule has 1 aliphatic rings. The third-order valence-electron chi connectivity index (χ3n) is 3.79. The van der Waals surface area contributed by atoms with Crippen LogP contribution in [0.25, 0.3) is 0 Å². The van der Waals surface area contributed by atoms with Crippen molar-refractivity contribution in [1.29, 1.82) is 0 Å². The molecule has 18 heavy (non-hydrogen) atoms. The molecule has 0 aromatic rings. The van der Waals surface area contributed by atoms with Gasteiger partial charge >= 0.3 is 0 Å². The molecular weight excluding hydrogens is 272 g/mol. The summed E-state index contributed by atoms with van der Waals surface area (Å²) < 4.78 is 13.8. The minimum Gasteiger partial charge on any atom is -0.312 e. The van der Waals surface area contributed by atoms with E-state index in [4.69, 9.17) is 23.2 Å². The maximum absolute atomic E-state index is 13.8. The molecule has 0 saturated heterocycles. The van der Waals surface area contributed by atoms with E-state index in [1.54, 1.807) is 7.05 Å². The Morgan fingerprint density at radius 2 is 1.78 bits per heavy atom. The van der Waals surface area contributed by atoms with Crippen LogP contribution in [0.1, 0.15) is 32.6 Å². The van der Waals surface area contributed by atoms with E-state index in [9.17, 15) is 4.39 Å². The summed E-state index contributed by atoms with van der Waals surface area (Å²) in [7, 11) is 1.80. The second-order valence-corrected chi connectivity index (χ2v) is 5.95. The van der Waals surface area contributed by atoms with E-state index in [1.807, 2.05) is 0 Å². The van der Waals surface area contributed by atoms with Crippen LogP contribution in [0.2, 0.25) is 0 Å². The number of hydrogen-bond donors (Lipinski definition) is 1. The van der Waals surface area contributed by atoms with E-state index in [0.717, 1.165) is 25.7 Å². The largest absolute Gasteiger partial charge is 0.312 e. The molecule has 0 aromatic carbocycles. The van der Waals surface area contributed by atoms with Crippen LogP contribution in [0.3, 0.4) is 0 Å². The lowest BCUT2D eigenvalue weighted by atomic mass is 9.76. The first kappa shape index (κ1) is 15.7. The van der Waals surface area contributed by atoms with Crippen LogP contribution in [-0.2, 0) is 0 Å². The molecule has 1 atom stereocenters. The molecular formula is C14H20Cl2FN. The number of allylic oxidation sites excluding steroid dienone is 2. The van der Waals surface area contributed by atoms with Gasteiger partial charge in [-0.25, -0.2) is 4.39 Å². The summed E-state index contributed by atoms with van der Waals surface area (Å²) >= 11 is 11.9. The first-order valence-electron chi connectivity index (χ1n) is 6.10. The van der Waals surface area contributed by atoms with Gasteiger partial charge in [-0.15, -0.1) is 0 Å². The van der Waals surface area contributed by atoms with Crippen molar-refractivity contribution >= 4 is 23.2 Å². The van der Waals surface area contributed by atoms with Crippen LogP contribution in [0.4, 0.5) is 4.39 Å². The van der Waals surface area contributed by atoms with Crippen molar-refractivity contribution in [2.45, 2.75) is 38.6 Å². The SMILES string of the molecule is C=C(Cl)/C(Cl)=C(\C(=C)F)C(NC)C1(C)CCCC1. The molecule has 1 fully saturated rings. The van der Waals surface area contributed by atoms with Gasteiger partial charge in [-0.05, 0) is 25.3 Å². The van der Waals surface area contributed by atoms with Crippen molar-refractivity contribution in [1.82, 2.24) is 5.32 Å². The van der Waals surface area contributed by atoms with E-state index >= 15 is 0 Å². The quantitative estimate of drug-likeness (QED) is 0.712. The molecule has 102 valence electrons. The van der Waals surface area contributed by atoms with Crippen LogP contribution in [-0.4, -0.2) is 13.1 Å². The molecule has 1 N–H and O–H groups in total. The molecule has 1 unspecified atom stereocenters. The third-order valence-corrected chi connectivity index (χ3v) is 4.50. The van der Waals surface area contributed by atoms with Crippen molar-refractivity contribution in [2.75, 3.05) is 7.05 Å². The summed E-state index contributed by atoms with van der Waals surface area (Å²) in [5.74, 6) is -0.547. The fourth-order valence-electron chi connectivity index (χ4n) is 2.86. The zero-order valence-corrected chi connectivity index (χ0v) is 12.5. The summed E-state index contributed by atoms with van der Waals surface area (Å²) in [6.07, 6.45) is 4.38. The lowest BCUT2D eigenvalue weighted by Gasteiger charge is -2.35. The summed E-state index contributed by atoms with van der Waals surface area (Å²) in [5.41, 5.74) is 0.314. The molecule has 0 aromatic heterocycles. The molecule has 1 aliphatic carbocycles. The van der Waals surface area contributed by atoms with Crippen molar-refractivity contribution in [2.24, 2.45) is 5.41 Å². The first-order valence-corrected chi connectivity index (χ1v) is 6.85. The monoisotopic (exact) mass is 291 g/mol. The average molecular weight is 292 g/mol. The number of nitrogens with one attached hydrogen (secondary N) is 1. The molecule has 1 rings (SSSR count). The third kappa shape index (κ3) is 3.17. The summed E-state index contributed by atoms with van der Waals surface area (Å²) in [4.78, 5) is 0. The van der Waals surface area contributed by atoms with Crippen LogP contribution < -0.4 is 5.32 Å². The Morgan fingerprint density at radius 3 is 2.11 bits per heavy atom. The van der Waals surface area contributed by atoms with Crippen molar-refractivity contribution in [3.63, 3.8) is 0 Å². The van der Waals surface area contributed by atoms with Gasteiger partial charge in [0, 0.05) is 11.6 Å². The lowest BCUT2D eigenvalue weighted by Crippen LogP contribution is -2.42. The zero-order valence-electron chi connectivity index (χ0n) is 11.0. The highest BCUT2D eigenvalue weighted by molar-refractivity contribution is 6.44. The Kier molecular flexibility index (Phi) is 5.45. The Labute approximate surface area is 119 Å². The smallest absolute Gasteiger partial charge is 0.122 e. The fourth-order valence-corrected chi connectivity index (χ4v) is 3.17. The number of likely N-dealkylation sites (N-methyl/N-ethyl adjacent to an activating group) is 1. The van der Waals surface area contributed by atoms with Gasteiger partial charge in [-0.3, -0.25) is 0 Å². The van der Waals surface area contributed by atoms with Crippen LogP contribution in [0.15, 0.2) is 34.6 Å². The second-order valence-electron chi connectivity index (χ2n) is 5.12. The van der Waals surface area contributed by atoms with E-state index in [0.29, 0.717) is 5.57 Å². The highest BCUT2D eigenvalue weighted by Gasteiger charge is 2.40. The molecule has 0 bridgehead atoms. The molecule has 1 nitrogen and oxygen atoms in total. The topological polar surface area (TPSA) is 12.0 Å². The van der Waals surface area contributed by atoms with E-state index in [1.165, 1.54) is 0 Å². The normalized spacial score (nSPS) is 21.4. The van der Waals surface area contributed by atoms with Gasteiger partial charge in [0.1, 0.15) is 5.83 Å². The predicted molar refractivity (Wildman–Crippen MR) is 77.5 cm³/mol. The number of rotatable bonds is 5. The molecule has 1 saturated carbocycles. The van der Waals surface area contributed by atoms with Gasteiger partial charge < -0.3 is 5.32 Å². The fraction of sp³-hybridized carbons (Fsp3) is 0.571. The zero-order chi connectivity index (χ0) is 13.9. The van der Waals surface area contributed by atoms with E-state index in [2.05, 4.69) is 25.4 Å². The van der Waals surface area contributed by atoms with Gasteiger partial charge in [0.15, 0.2) is 0 Å². The maximum atomic E-state index is 13.8. The highest BCUT2D eigenvalue weighted by atomic mass is 35.5. The molecule has 0 radical (unpaired) electrons. The van der Waals surface area contributed by atoms with Crippen LogP contribution >= 0.6 is 23.2 Å². The molecule has 0 spiro atoms. The van der Waals surface area contributed by atoms with E-state index in [-0.39, 0.29) is 21.5 Å². The molecule has 0 aliphatic heterocycles. The Hall–Kier alpha value is -0.310. The van der Waals surface area contributed by atoms with Crippen molar-refractivity contribution < 1.29 is 4.39 Å². The van der Waals surface area contributed by atoms with Gasteiger partial charge in [0.25, 0.3) is 0 Å². The van der Waals surface area contributed by atoms with Gasteiger partial charge in [-0.1, -0.05) is 56.1 Å². The summed E-state index contributed by atoms with van der Waals surface area (Å²) in [6, 6.07) is -0.194. The first-order chi connectivity index (χ1) is 8.33. The lowest BCUT2D eigenvalue weighted by molar-refractivity contribution is 0.257. The molecule has 0 heterocycles. The van der Waals surface area contributed by atoms with Crippen molar-refractivity contribution in [3.8, 4) is 0 Å². The van der Waals surface area contributed by atoms with Crippen molar-refractivity contribution in [3.05, 3.63) is 34.6 Å². The summed E-state index contributed by atoms with van der Waals surface area (Å²) in [5, 5.41) is 3.47. The molecule has 4 heteroatoms. The van der Waals surface area contributed by atoms with Gasteiger partial charge in [0.05, 0.1) is 10.1 Å². The minimum absolute atomic E-state index is 0.0222. The summed E-state index contributed by atoms with van der Waals surface area (Å²) in [6.45, 7) is 9.09. The van der Waals surface area contributed by atoms with Gasteiger partial charge in [-0.2, -0.15) is 0 Å². The standard InChI is InChI=1S/C14H20Cl2FN/c1-9(15)12(16)11(10(2)17)13(18-4)14(3)7-5-6-8-14/h13,18H,1-2,5-8H2,3-4H3/b12-11-. The maximum Gasteiger partial charge on any atom is 0.122 e. The highest BCUT2D eigenvalue weighted by Crippen LogP contribution is 2.45. The predicted octanol–water partition coefficient (Wildman–Crippen LogP) is 4.88. The van der Waals surface area contributed by atoms with Crippen LogP contribution in [0, 0.1) is 5.41 Å². The Balaban J connectivity index is 3.22. The Morgan fingerprint density at radius 1 is 1.28 bits per heavy atom. The minimum atomic E-state index is -0.547. The Bertz CT molecular complexity index is 381. The number of halogens is 3. The molecule has 0 amide bonds. The second kappa shape index (κ2) is 6.23. The van der Waals surface area contributed by atoms with Crippen LogP contribution in [0.5, 0.6) is 0 Å².